The number of carbonyl (C=O) groups is 2. The molecular formula is C17H23NO6. The van der Waals surface area contributed by atoms with Crippen LogP contribution in [-0.2, 0) is 20.9 Å². The fraction of sp³-hybridized carbons (Fsp3) is 0.529. The van der Waals surface area contributed by atoms with Crippen molar-refractivity contribution in [1.82, 2.24) is 5.32 Å². The molecule has 1 aromatic rings. The van der Waals surface area contributed by atoms with E-state index in [4.69, 9.17) is 9.47 Å². The Hall–Kier alpha value is -2.12. The number of ether oxygens (including phenoxy) is 2. The van der Waals surface area contributed by atoms with Crippen LogP contribution in [0.4, 0.5) is 4.79 Å². The van der Waals surface area contributed by atoms with Crippen molar-refractivity contribution in [3.63, 3.8) is 0 Å². The molecule has 0 bridgehead atoms. The maximum absolute atomic E-state index is 12.0. The zero-order valence-corrected chi connectivity index (χ0v) is 13.6. The van der Waals surface area contributed by atoms with Gasteiger partial charge in [-0.25, -0.2) is 9.59 Å². The molecular weight excluding hydrogens is 314 g/mol. The van der Waals surface area contributed by atoms with Crippen molar-refractivity contribution in [2.45, 2.75) is 44.1 Å². The van der Waals surface area contributed by atoms with Crippen LogP contribution < -0.4 is 5.32 Å². The Kier molecular flexibility index (Phi) is 6.16. The number of amides is 1. The average molecular weight is 337 g/mol. The summed E-state index contributed by atoms with van der Waals surface area (Å²) in [6.07, 6.45) is 0.369. The van der Waals surface area contributed by atoms with E-state index in [9.17, 15) is 19.8 Å². The zero-order chi connectivity index (χ0) is 17.6. The minimum Gasteiger partial charge on any atom is -0.467 e. The highest BCUT2D eigenvalue weighted by molar-refractivity contribution is 5.81. The summed E-state index contributed by atoms with van der Waals surface area (Å²) in [5.74, 6) is -2.50. The van der Waals surface area contributed by atoms with Gasteiger partial charge in [-0.2, -0.15) is 0 Å². The summed E-state index contributed by atoms with van der Waals surface area (Å²) in [5.41, 5.74) is 0.838. The monoisotopic (exact) mass is 337 g/mol. The number of rotatable bonds is 5. The quantitative estimate of drug-likeness (QED) is 0.553. The number of nitrogens with one attached hydrogen (secondary N) is 1. The summed E-state index contributed by atoms with van der Waals surface area (Å²) in [4.78, 5) is 23.9. The van der Waals surface area contributed by atoms with Gasteiger partial charge in [0.2, 0.25) is 0 Å². The Labute approximate surface area is 140 Å². The number of methoxy groups -OCH3 is 1. The van der Waals surface area contributed by atoms with Crippen LogP contribution in [0, 0.1) is 5.92 Å². The minimum absolute atomic E-state index is 0.0988. The second kappa shape index (κ2) is 8.12. The van der Waals surface area contributed by atoms with Crippen molar-refractivity contribution in [2.24, 2.45) is 5.92 Å². The highest BCUT2D eigenvalue weighted by Gasteiger charge is 2.38. The van der Waals surface area contributed by atoms with Crippen LogP contribution in [0.5, 0.6) is 0 Å². The first-order chi connectivity index (χ1) is 11.4. The molecule has 1 aliphatic carbocycles. The molecule has 0 unspecified atom stereocenters. The Morgan fingerprint density at radius 2 is 1.88 bits per heavy atom. The lowest BCUT2D eigenvalue weighted by molar-refractivity contribution is -0.189. The van der Waals surface area contributed by atoms with Gasteiger partial charge in [0, 0.05) is 12.8 Å². The maximum Gasteiger partial charge on any atom is 0.408 e. The Morgan fingerprint density at radius 1 is 1.25 bits per heavy atom. The van der Waals surface area contributed by atoms with Gasteiger partial charge < -0.3 is 25.0 Å². The van der Waals surface area contributed by atoms with E-state index in [1.165, 1.54) is 7.11 Å². The summed E-state index contributed by atoms with van der Waals surface area (Å²) in [6.45, 7) is 0.0988. The summed E-state index contributed by atoms with van der Waals surface area (Å²) in [6, 6.07) is 8.33. The molecule has 0 aliphatic heterocycles. The first kappa shape index (κ1) is 18.2. The fourth-order valence-corrected chi connectivity index (χ4v) is 2.82. The highest BCUT2D eigenvalue weighted by Crippen LogP contribution is 2.32. The molecule has 24 heavy (non-hydrogen) atoms. The molecule has 7 nitrogen and oxygen atoms in total. The molecule has 0 heterocycles. The van der Waals surface area contributed by atoms with Crippen LogP contribution in [0.15, 0.2) is 30.3 Å². The molecule has 0 spiro atoms. The first-order valence-electron chi connectivity index (χ1n) is 7.91. The van der Waals surface area contributed by atoms with Crippen molar-refractivity contribution >= 4 is 12.1 Å². The van der Waals surface area contributed by atoms with E-state index in [0.717, 1.165) is 5.56 Å². The SMILES string of the molecule is COC(=O)[C@@H](NC(=O)OCc1ccccc1)C1CCC(O)(O)CC1. The Bertz CT molecular complexity index is 549. The molecule has 3 N–H and O–H groups in total. The van der Waals surface area contributed by atoms with Gasteiger partial charge in [-0.05, 0) is 24.3 Å². The molecule has 1 aromatic carbocycles. The predicted octanol–water partition coefficient (Wildman–Crippen LogP) is 1.33. The van der Waals surface area contributed by atoms with Gasteiger partial charge in [-0.15, -0.1) is 0 Å². The van der Waals surface area contributed by atoms with Crippen molar-refractivity contribution in [3.05, 3.63) is 35.9 Å². The fourth-order valence-electron chi connectivity index (χ4n) is 2.82. The number of carbonyl (C=O) groups excluding carboxylic acids is 2. The molecule has 1 fully saturated rings. The second-order valence-electron chi connectivity index (χ2n) is 6.03. The van der Waals surface area contributed by atoms with E-state index in [2.05, 4.69) is 5.32 Å². The van der Waals surface area contributed by atoms with Crippen LogP contribution in [0.25, 0.3) is 0 Å². The third kappa shape index (κ3) is 5.21. The van der Waals surface area contributed by atoms with Gasteiger partial charge in [0.05, 0.1) is 7.11 Å². The minimum atomic E-state index is -1.70. The van der Waals surface area contributed by atoms with E-state index < -0.39 is 23.9 Å². The van der Waals surface area contributed by atoms with Crippen LogP contribution >= 0.6 is 0 Å². The molecule has 0 saturated heterocycles. The zero-order valence-electron chi connectivity index (χ0n) is 13.6. The topological polar surface area (TPSA) is 105 Å². The van der Waals surface area contributed by atoms with E-state index >= 15 is 0 Å². The molecule has 2 rings (SSSR count). The van der Waals surface area contributed by atoms with Gasteiger partial charge >= 0.3 is 12.1 Å². The van der Waals surface area contributed by atoms with Gasteiger partial charge in [-0.3, -0.25) is 0 Å². The highest BCUT2D eigenvalue weighted by atomic mass is 16.6. The maximum atomic E-state index is 12.0. The van der Waals surface area contributed by atoms with Crippen LogP contribution in [-0.4, -0.2) is 41.2 Å². The molecule has 1 atom stereocenters. The lowest BCUT2D eigenvalue weighted by atomic mass is 9.81. The van der Waals surface area contributed by atoms with Crippen LogP contribution in [0.1, 0.15) is 31.2 Å². The van der Waals surface area contributed by atoms with E-state index in [1.54, 1.807) is 0 Å². The van der Waals surface area contributed by atoms with Crippen molar-refractivity contribution in [3.8, 4) is 0 Å². The van der Waals surface area contributed by atoms with Crippen molar-refractivity contribution in [1.29, 1.82) is 0 Å². The lowest BCUT2D eigenvalue weighted by Crippen LogP contribution is -2.49. The molecule has 1 amide bonds. The molecule has 0 radical (unpaired) electrons. The molecule has 132 valence electrons. The summed E-state index contributed by atoms with van der Waals surface area (Å²) in [7, 11) is 1.25. The predicted molar refractivity (Wildman–Crippen MR) is 84.7 cm³/mol. The molecule has 0 aromatic heterocycles. The number of hydrogen-bond acceptors (Lipinski definition) is 6. The third-order valence-electron chi connectivity index (χ3n) is 4.24. The Balaban J connectivity index is 1.91. The molecule has 1 aliphatic rings. The molecule has 7 heteroatoms. The smallest absolute Gasteiger partial charge is 0.408 e. The van der Waals surface area contributed by atoms with E-state index in [1.807, 2.05) is 30.3 Å². The number of hydrogen-bond donors (Lipinski definition) is 3. The van der Waals surface area contributed by atoms with Gasteiger partial charge in [0.25, 0.3) is 0 Å². The third-order valence-corrected chi connectivity index (χ3v) is 4.24. The van der Waals surface area contributed by atoms with E-state index in [-0.39, 0.29) is 25.4 Å². The number of aliphatic hydroxyl groups is 2. The van der Waals surface area contributed by atoms with Crippen LogP contribution in [0.3, 0.4) is 0 Å². The average Bonchev–Trinajstić information content (AvgIpc) is 2.58. The van der Waals surface area contributed by atoms with Gasteiger partial charge in [0.1, 0.15) is 12.6 Å². The molecule has 1 saturated carbocycles. The summed E-state index contributed by atoms with van der Waals surface area (Å²) >= 11 is 0. The standard InChI is InChI=1S/C17H23NO6/c1-23-15(19)14(13-7-9-17(21,22)10-8-13)18-16(20)24-11-12-5-3-2-4-6-12/h2-6,13-14,21-22H,7-11H2,1H3,(H,18,20)/t14-/m0/s1. The normalized spacial score (nSPS) is 18.5. The van der Waals surface area contributed by atoms with E-state index in [0.29, 0.717) is 12.8 Å². The summed E-state index contributed by atoms with van der Waals surface area (Å²) < 4.78 is 9.88. The second-order valence-corrected chi connectivity index (χ2v) is 6.03. The Morgan fingerprint density at radius 3 is 2.46 bits per heavy atom. The van der Waals surface area contributed by atoms with Crippen molar-refractivity contribution in [2.75, 3.05) is 7.11 Å². The van der Waals surface area contributed by atoms with Gasteiger partial charge in [-0.1, -0.05) is 30.3 Å². The largest absolute Gasteiger partial charge is 0.467 e. The summed E-state index contributed by atoms with van der Waals surface area (Å²) in [5, 5.41) is 21.7. The number of esters is 1. The number of benzene rings is 1. The van der Waals surface area contributed by atoms with Crippen LogP contribution in [0.2, 0.25) is 0 Å². The lowest BCUT2D eigenvalue weighted by Gasteiger charge is -2.34. The number of alkyl carbamates (subject to hydrolysis) is 1. The van der Waals surface area contributed by atoms with Crippen molar-refractivity contribution < 1.29 is 29.3 Å². The first-order valence-corrected chi connectivity index (χ1v) is 7.91. The van der Waals surface area contributed by atoms with Gasteiger partial charge in [0.15, 0.2) is 5.79 Å².